The van der Waals surface area contributed by atoms with E-state index in [-0.39, 0.29) is 24.0 Å². The van der Waals surface area contributed by atoms with Gasteiger partial charge in [-0.05, 0) is 58.4 Å². The predicted molar refractivity (Wildman–Crippen MR) is 80.3 cm³/mol. The lowest BCUT2D eigenvalue weighted by Crippen LogP contribution is -2.27. The maximum atomic E-state index is 9.99. The van der Waals surface area contributed by atoms with Crippen LogP contribution in [0.2, 0.25) is 0 Å². The lowest BCUT2D eigenvalue weighted by Gasteiger charge is -2.26. The Morgan fingerprint density at radius 1 is 1.26 bits per heavy atom. The molecule has 2 N–H and O–H groups in total. The summed E-state index contributed by atoms with van der Waals surface area (Å²) in [5.74, 6) is 1.18. The van der Waals surface area contributed by atoms with E-state index in [1.165, 1.54) is 12.8 Å². The number of halogens is 1. The second kappa shape index (κ2) is 6.49. The summed E-state index contributed by atoms with van der Waals surface area (Å²) in [6.07, 6.45) is 3.50. The Hall–Kier alpha value is -0.930. The molecule has 2 rings (SSSR count). The first-order valence-electron chi connectivity index (χ1n) is 6.71. The number of ether oxygens (including phenoxy) is 1. The second-order valence-electron chi connectivity index (χ2n) is 5.94. The molecule has 1 atom stereocenters. The Balaban J connectivity index is 0.00000180. The molecule has 1 aromatic carbocycles. The monoisotopic (exact) mass is 285 g/mol. The van der Waals surface area contributed by atoms with E-state index in [9.17, 15) is 5.11 Å². The molecule has 0 aromatic heterocycles. The molecular weight excluding hydrogens is 262 g/mol. The van der Waals surface area contributed by atoms with Crippen LogP contribution in [0.15, 0.2) is 18.2 Å². The maximum Gasteiger partial charge on any atom is 0.120 e. The molecule has 0 radical (unpaired) electrons. The molecule has 3 nitrogen and oxygen atoms in total. The van der Waals surface area contributed by atoms with Gasteiger partial charge in [0.05, 0.1) is 0 Å². The lowest BCUT2D eigenvalue weighted by molar-refractivity contribution is 0.130. The van der Waals surface area contributed by atoms with Crippen molar-refractivity contribution in [1.82, 2.24) is 5.32 Å². The van der Waals surface area contributed by atoms with Crippen LogP contribution in [-0.2, 0) is 0 Å². The summed E-state index contributed by atoms with van der Waals surface area (Å²) in [5.41, 5.74) is 0.741. The normalized spacial score (nSPS) is 19.6. The largest absolute Gasteiger partial charge is 0.508 e. The van der Waals surface area contributed by atoms with Gasteiger partial charge in [0.1, 0.15) is 17.1 Å². The van der Waals surface area contributed by atoms with Crippen LogP contribution in [0.4, 0.5) is 0 Å². The average molecular weight is 286 g/mol. The third-order valence-corrected chi connectivity index (χ3v) is 3.11. The van der Waals surface area contributed by atoms with Crippen LogP contribution in [0, 0.1) is 0 Å². The molecule has 0 aliphatic carbocycles. The number of piperidine rings is 1. The summed E-state index contributed by atoms with van der Waals surface area (Å²) in [7, 11) is 0. The van der Waals surface area contributed by atoms with Crippen molar-refractivity contribution in [3.8, 4) is 11.5 Å². The SMILES string of the molecule is CC(C)(C)Oc1ccc(O)c([C@H]2CCCCN2)c1.Cl. The molecule has 0 saturated carbocycles. The number of hydrogen-bond donors (Lipinski definition) is 2. The van der Waals surface area contributed by atoms with E-state index in [4.69, 9.17) is 4.74 Å². The quantitative estimate of drug-likeness (QED) is 0.868. The average Bonchev–Trinajstić information content (AvgIpc) is 2.31. The van der Waals surface area contributed by atoms with Crippen molar-refractivity contribution in [2.75, 3.05) is 6.54 Å². The highest BCUT2D eigenvalue weighted by Crippen LogP contribution is 2.33. The topological polar surface area (TPSA) is 41.5 Å². The third kappa shape index (κ3) is 4.59. The molecule has 4 heteroatoms. The van der Waals surface area contributed by atoms with Gasteiger partial charge in [0, 0.05) is 11.6 Å². The number of phenols is 1. The van der Waals surface area contributed by atoms with Crippen molar-refractivity contribution in [1.29, 1.82) is 0 Å². The second-order valence-corrected chi connectivity index (χ2v) is 5.94. The van der Waals surface area contributed by atoms with E-state index in [1.54, 1.807) is 6.07 Å². The summed E-state index contributed by atoms with van der Waals surface area (Å²) in [6, 6.07) is 5.77. The zero-order chi connectivity index (χ0) is 13.2. The van der Waals surface area contributed by atoms with Crippen LogP contribution in [0.3, 0.4) is 0 Å². The van der Waals surface area contributed by atoms with Crippen LogP contribution in [-0.4, -0.2) is 17.3 Å². The Morgan fingerprint density at radius 2 is 2.00 bits per heavy atom. The summed E-state index contributed by atoms with van der Waals surface area (Å²) < 4.78 is 5.85. The van der Waals surface area contributed by atoms with Gasteiger partial charge in [0.25, 0.3) is 0 Å². The number of hydrogen-bond acceptors (Lipinski definition) is 3. The smallest absolute Gasteiger partial charge is 0.120 e. The molecule has 1 heterocycles. The van der Waals surface area contributed by atoms with Gasteiger partial charge in [-0.3, -0.25) is 0 Å². The van der Waals surface area contributed by atoms with E-state index in [0.29, 0.717) is 5.75 Å². The van der Waals surface area contributed by atoms with Crippen LogP contribution >= 0.6 is 12.4 Å². The van der Waals surface area contributed by atoms with Crippen molar-refractivity contribution in [2.45, 2.75) is 51.7 Å². The van der Waals surface area contributed by atoms with Crippen molar-refractivity contribution in [3.05, 3.63) is 23.8 Å². The Bertz CT molecular complexity index is 409. The zero-order valence-corrected chi connectivity index (χ0v) is 12.7. The van der Waals surface area contributed by atoms with E-state index in [2.05, 4.69) is 5.32 Å². The van der Waals surface area contributed by atoms with Gasteiger partial charge in [0.15, 0.2) is 0 Å². The van der Waals surface area contributed by atoms with E-state index in [0.717, 1.165) is 24.3 Å². The van der Waals surface area contributed by atoms with E-state index < -0.39 is 0 Å². The van der Waals surface area contributed by atoms with E-state index in [1.807, 2.05) is 32.9 Å². The predicted octanol–water partition coefficient (Wildman–Crippen LogP) is 3.81. The molecule has 0 amide bonds. The van der Waals surface area contributed by atoms with Gasteiger partial charge in [0.2, 0.25) is 0 Å². The lowest BCUT2D eigenvalue weighted by atomic mass is 9.96. The molecule has 1 saturated heterocycles. The Labute approximate surface area is 121 Å². The number of nitrogens with one attached hydrogen (secondary N) is 1. The molecule has 19 heavy (non-hydrogen) atoms. The number of aromatic hydroxyl groups is 1. The fourth-order valence-electron chi connectivity index (χ4n) is 2.35. The first-order valence-corrected chi connectivity index (χ1v) is 6.71. The van der Waals surface area contributed by atoms with E-state index >= 15 is 0 Å². The Morgan fingerprint density at radius 3 is 2.58 bits per heavy atom. The highest BCUT2D eigenvalue weighted by molar-refractivity contribution is 5.85. The summed E-state index contributed by atoms with van der Waals surface area (Å²) >= 11 is 0. The minimum Gasteiger partial charge on any atom is -0.508 e. The van der Waals surface area contributed by atoms with Gasteiger partial charge in [-0.1, -0.05) is 6.42 Å². The fourth-order valence-corrected chi connectivity index (χ4v) is 2.35. The molecule has 0 unspecified atom stereocenters. The highest BCUT2D eigenvalue weighted by Gasteiger charge is 2.20. The Kier molecular flexibility index (Phi) is 5.50. The number of phenolic OH excluding ortho intramolecular Hbond substituents is 1. The molecule has 0 bridgehead atoms. The molecular formula is C15H24ClNO2. The molecule has 1 aromatic rings. The summed E-state index contributed by atoms with van der Waals surface area (Å²) in [5, 5.41) is 13.4. The molecule has 1 fully saturated rings. The zero-order valence-electron chi connectivity index (χ0n) is 11.9. The van der Waals surface area contributed by atoms with Crippen molar-refractivity contribution in [3.63, 3.8) is 0 Å². The van der Waals surface area contributed by atoms with Crippen molar-refractivity contribution in [2.24, 2.45) is 0 Å². The first-order chi connectivity index (χ1) is 8.46. The van der Waals surface area contributed by atoms with Crippen LogP contribution in [0.25, 0.3) is 0 Å². The van der Waals surface area contributed by atoms with Gasteiger partial charge in [-0.2, -0.15) is 0 Å². The fraction of sp³-hybridized carbons (Fsp3) is 0.600. The first kappa shape index (κ1) is 16.1. The van der Waals surface area contributed by atoms with Crippen LogP contribution in [0.1, 0.15) is 51.6 Å². The number of benzene rings is 1. The maximum absolute atomic E-state index is 9.99. The standard InChI is InChI=1S/C15H23NO2.ClH/c1-15(2,3)18-11-7-8-14(17)12(10-11)13-6-4-5-9-16-13;/h7-8,10,13,16-17H,4-6,9H2,1-3H3;1H/t13-;/m1./s1. The van der Waals surface area contributed by atoms with Crippen molar-refractivity contribution < 1.29 is 9.84 Å². The summed E-state index contributed by atoms with van der Waals surface area (Å²) in [4.78, 5) is 0. The number of rotatable bonds is 2. The van der Waals surface area contributed by atoms with Gasteiger partial charge in [-0.15, -0.1) is 12.4 Å². The molecule has 1 aliphatic heterocycles. The highest BCUT2D eigenvalue weighted by atomic mass is 35.5. The molecule has 0 spiro atoms. The summed E-state index contributed by atoms with van der Waals surface area (Å²) in [6.45, 7) is 7.10. The minimum absolute atomic E-state index is 0. The van der Waals surface area contributed by atoms with Gasteiger partial charge in [-0.25, -0.2) is 0 Å². The molecule has 1 aliphatic rings. The van der Waals surface area contributed by atoms with Crippen LogP contribution < -0.4 is 10.1 Å². The third-order valence-electron chi connectivity index (χ3n) is 3.11. The minimum atomic E-state index is -0.214. The van der Waals surface area contributed by atoms with Crippen molar-refractivity contribution >= 4 is 12.4 Å². The molecule has 108 valence electrons. The van der Waals surface area contributed by atoms with Gasteiger partial charge >= 0.3 is 0 Å². The van der Waals surface area contributed by atoms with Crippen LogP contribution in [0.5, 0.6) is 11.5 Å². The van der Waals surface area contributed by atoms with Gasteiger partial charge < -0.3 is 15.2 Å².